The third kappa shape index (κ3) is 2.89. The molecule has 0 aliphatic carbocycles. The predicted octanol–water partition coefficient (Wildman–Crippen LogP) is 5.42. The molecule has 0 saturated heterocycles. The Labute approximate surface area is 139 Å². The van der Waals surface area contributed by atoms with Crippen LogP contribution in [0.2, 0.25) is 0 Å². The van der Waals surface area contributed by atoms with Gasteiger partial charge in [-0.2, -0.15) is 0 Å². The highest BCUT2D eigenvalue weighted by Crippen LogP contribution is 2.38. The standard InChI is InChI=1S/C16H12Br2N2O/c1-9-3-2-4-10(5-9)14-15(21-20-16(14)19)11-6-12(17)8-13(18)7-11/h2-8H,1H3,(H2,19,20). The van der Waals surface area contributed by atoms with Gasteiger partial charge in [0.15, 0.2) is 11.6 Å². The summed E-state index contributed by atoms with van der Waals surface area (Å²) in [5, 5.41) is 3.93. The van der Waals surface area contributed by atoms with Crippen molar-refractivity contribution in [3.8, 4) is 22.5 Å². The highest BCUT2D eigenvalue weighted by atomic mass is 79.9. The highest BCUT2D eigenvalue weighted by molar-refractivity contribution is 9.11. The van der Waals surface area contributed by atoms with Crippen LogP contribution in [0.1, 0.15) is 5.56 Å². The second kappa shape index (κ2) is 5.66. The number of halogens is 2. The van der Waals surface area contributed by atoms with E-state index in [0.29, 0.717) is 11.6 Å². The normalized spacial score (nSPS) is 10.8. The van der Waals surface area contributed by atoms with Crippen molar-refractivity contribution in [1.82, 2.24) is 5.16 Å². The van der Waals surface area contributed by atoms with Crippen molar-refractivity contribution in [3.63, 3.8) is 0 Å². The van der Waals surface area contributed by atoms with Gasteiger partial charge in [0.1, 0.15) is 0 Å². The molecule has 0 unspecified atom stereocenters. The summed E-state index contributed by atoms with van der Waals surface area (Å²) in [4.78, 5) is 0. The molecule has 0 radical (unpaired) electrons. The number of nitrogens with two attached hydrogens (primary N) is 1. The smallest absolute Gasteiger partial charge is 0.176 e. The van der Waals surface area contributed by atoms with Gasteiger partial charge < -0.3 is 10.3 Å². The number of rotatable bonds is 2. The van der Waals surface area contributed by atoms with Crippen LogP contribution < -0.4 is 5.73 Å². The molecule has 0 amide bonds. The van der Waals surface area contributed by atoms with Crippen LogP contribution in [0, 0.1) is 6.92 Å². The molecular formula is C16H12Br2N2O. The first-order valence-electron chi connectivity index (χ1n) is 6.33. The maximum absolute atomic E-state index is 6.01. The molecule has 2 aromatic carbocycles. The molecule has 0 fully saturated rings. The fourth-order valence-electron chi connectivity index (χ4n) is 2.26. The lowest BCUT2D eigenvalue weighted by Crippen LogP contribution is -1.89. The molecule has 2 N–H and O–H groups in total. The quantitative estimate of drug-likeness (QED) is 0.616. The molecular weight excluding hydrogens is 396 g/mol. The van der Waals surface area contributed by atoms with Gasteiger partial charge >= 0.3 is 0 Å². The summed E-state index contributed by atoms with van der Waals surface area (Å²) in [5.74, 6) is 1.06. The molecule has 0 saturated carbocycles. The van der Waals surface area contributed by atoms with Gasteiger partial charge in [-0.25, -0.2) is 0 Å². The summed E-state index contributed by atoms with van der Waals surface area (Å²) in [6.07, 6.45) is 0. The fraction of sp³-hybridized carbons (Fsp3) is 0.0625. The largest absolute Gasteiger partial charge is 0.380 e. The monoisotopic (exact) mass is 406 g/mol. The van der Waals surface area contributed by atoms with Crippen LogP contribution in [0.15, 0.2) is 55.9 Å². The van der Waals surface area contributed by atoms with Gasteiger partial charge in [0.05, 0.1) is 5.56 Å². The molecule has 0 aliphatic heterocycles. The molecule has 5 heteroatoms. The van der Waals surface area contributed by atoms with Gasteiger partial charge in [-0.1, -0.05) is 66.8 Å². The predicted molar refractivity (Wildman–Crippen MR) is 91.9 cm³/mol. The summed E-state index contributed by atoms with van der Waals surface area (Å²) < 4.78 is 7.38. The maximum Gasteiger partial charge on any atom is 0.176 e. The van der Waals surface area contributed by atoms with Crippen LogP contribution >= 0.6 is 31.9 Å². The highest BCUT2D eigenvalue weighted by Gasteiger charge is 2.18. The average molecular weight is 408 g/mol. The van der Waals surface area contributed by atoms with E-state index in [2.05, 4.69) is 43.1 Å². The van der Waals surface area contributed by atoms with E-state index in [9.17, 15) is 0 Å². The van der Waals surface area contributed by atoms with E-state index < -0.39 is 0 Å². The van der Waals surface area contributed by atoms with Crippen LogP contribution in [0.25, 0.3) is 22.5 Å². The molecule has 3 aromatic rings. The molecule has 1 heterocycles. The van der Waals surface area contributed by atoms with Crippen molar-refractivity contribution in [3.05, 3.63) is 57.0 Å². The van der Waals surface area contributed by atoms with Crippen molar-refractivity contribution >= 4 is 37.7 Å². The van der Waals surface area contributed by atoms with Crippen molar-refractivity contribution in [2.24, 2.45) is 0 Å². The molecule has 3 rings (SSSR count). The first kappa shape index (κ1) is 14.4. The van der Waals surface area contributed by atoms with Crippen LogP contribution in [-0.2, 0) is 0 Å². The van der Waals surface area contributed by atoms with Crippen molar-refractivity contribution in [1.29, 1.82) is 0 Å². The molecule has 0 aliphatic rings. The van der Waals surface area contributed by atoms with Gasteiger partial charge in [0.25, 0.3) is 0 Å². The zero-order valence-electron chi connectivity index (χ0n) is 11.2. The zero-order chi connectivity index (χ0) is 15.0. The second-order valence-corrected chi connectivity index (χ2v) is 6.63. The number of hydrogen-bond donors (Lipinski definition) is 1. The molecule has 3 nitrogen and oxygen atoms in total. The minimum atomic E-state index is 0.395. The number of nitrogens with zero attached hydrogens (tertiary/aromatic N) is 1. The van der Waals surface area contributed by atoms with E-state index in [1.807, 2.05) is 43.3 Å². The van der Waals surface area contributed by atoms with Crippen LogP contribution in [0.5, 0.6) is 0 Å². The molecule has 21 heavy (non-hydrogen) atoms. The molecule has 0 bridgehead atoms. The number of anilines is 1. The van der Waals surface area contributed by atoms with E-state index in [1.165, 1.54) is 0 Å². The lowest BCUT2D eigenvalue weighted by atomic mass is 10.0. The first-order valence-corrected chi connectivity index (χ1v) is 7.92. The van der Waals surface area contributed by atoms with Gasteiger partial charge in [0.2, 0.25) is 0 Å². The Bertz CT molecular complexity index is 792. The van der Waals surface area contributed by atoms with Gasteiger partial charge in [0, 0.05) is 14.5 Å². The van der Waals surface area contributed by atoms with Crippen molar-refractivity contribution in [2.45, 2.75) is 6.92 Å². The minimum absolute atomic E-state index is 0.395. The van der Waals surface area contributed by atoms with Crippen LogP contribution in [-0.4, -0.2) is 5.16 Å². The van der Waals surface area contributed by atoms with Crippen molar-refractivity contribution in [2.75, 3.05) is 5.73 Å². The van der Waals surface area contributed by atoms with Crippen LogP contribution in [0.3, 0.4) is 0 Å². The SMILES string of the molecule is Cc1cccc(-c2c(N)noc2-c2cc(Br)cc(Br)c2)c1. The number of benzene rings is 2. The Hall–Kier alpha value is -1.59. The van der Waals surface area contributed by atoms with E-state index in [0.717, 1.165) is 31.2 Å². The lowest BCUT2D eigenvalue weighted by Gasteiger charge is -2.05. The summed E-state index contributed by atoms with van der Waals surface area (Å²) in [5.41, 5.74) is 9.91. The molecule has 1 aromatic heterocycles. The number of aromatic nitrogens is 1. The first-order chi connectivity index (χ1) is 10.0. The molecule has 0 atom stereocenters. The Balaban J connectivity index is 2.21. The van der Waals surface area contributed by atoms with E-state index in [1.54, 1.807) is 0 Å². The third-order valence-corrected chi connectivity index (χ3v) is 4.07. The fourth-order valence-corrected chi connectivity index (χ4v) is 3.56. The Morgan fingerprint density at radius 3 is 2.38 bits per heavy atom. The van der Waals surface area contributed by atoms with Gasteiger partial charge in [-0.05, 0) is 30.7 Å². The summed E-state index contributed by atoms with van der Waals surface area (Å²) in [6, 6.07) is 14.0. The number of hydrogen-bond acceptors (Lipinski definition) is 3. The van der Waals surface area contributed by atoms with E-state index in [4.69, 9.17) is 10.3 Å². The molecule has 106 valence electrons. The Morgan fingerprint density at radius 1 is 1.00 bits per heavy atom. The lowest BCUT2D eigenvalue weighted by molar-refractivity contribution is 0.436. The van der Waals surface area contributed by atoms with E-state index in [-0.39, 0.29) is 0 Å². The topological polar surface area (TPSA) is 52.0 Å². The minimum Gasteiger partial charge on any atom is -0.380 e. The Morgan fingerprint density at radius 2 is 1.71 bits per heavy atom. The second-order valence-electron chi connectivity index (χ2n) is 4.80. The van der Waals surface area contributed by atoms with E-state index >= 15 is 0 Å². The van der Waals surface area contributed by atoms with Gasteiger partial charge in [-0.3, -0.25) is 0 Å². The van der Waals surface area contributed by atoms with Gasteiger partial charge in [-0.15, -0.1) is 0 Å². The summed E-state index contributed by atoms with van der Waals surface area (Å²) in [7, 11) is 0. The number of aryl methyl sites for hydroxylation is 1. The van der Waals surface area contributed by atoms with Crippen LogP contribution in [0.4, 0.5) is 5.82 Å². The zero-order valence-corrected chi connectivity index (χ0v) is 14.4. The maximum atomic E-state index is 6.01. The van der Waals surface area contributed by atoms with Crippen molar-refractivity contribution < 1.29 is 4.52 Å². The summed E-state index contributed by atoms with van der Waals surface area (Å²) >= 11 is 6.97. The number of nitrogen functional groups attached to an aromatic ring is 1. The average Bonchev–Trinajstić information content (AvgIpc) is 2.79. The molecule has 0 spiro atoms. The Kier molecular flexibility index (Phi) is 3.87. The third-order valence-electron chi connectivity index (χ3n) is 3.15. The summed E-state index contributed by atoms with van der Waals surface area (Å²) in [6.45, 7) is 2.04.